The first-order chi connectivity index (χ1) is 6.74. The normalized spacial score (nSPS) is 12.7. The van der Waals surface area contributed by atoms with Crippen LogP contribution in [0.15, 0.2) is 17.5 Å². The van der Waals surface area contributed by atoms with Crippen molar-refractivity contribution in [2.75, 3.05) is 6.54 Å². The zero-order valence-corrected chi connectivity index (χ0v) is 9.47. The highest BCUT2D eigenvalue weighted by Gasteiger charge is 2.09. The summed E-state index contributed by atoms with van der Waals surface area (Å²) in [7, 11) is 0. The predicted molar refractivity (Wildman–Crippen MR) is 60.1 cm³/mol. The predicted octanol–water partition coefficient (Wildman–Crippen LogP) is 2.95. The minimum Gasteiger partial charge on any atom is -0.298 e. The molecule has 0 fully saturated rings. The molecule has 1 N–H and O–H groups in total. The Labute approximate surface area is 89.6 Å². The lowest BCUT2D eigenvalue weighted by Crippen LogP contribution is -2.21. The van der Waals surface area contributed by atoms with Crippen molar-refractivity contribution in [2.45, 2.75) is 26.3 Å². The van der Waals surface area contributed by atoms with Crippen molar-refractivity contribution in [2.24, 2.45) is 5.92 Å². The number of nitrogens with one attached hydrogen (secondary N) is 1. The van der Waals surface area contributed by atoms with E-state index < -0.39 is 0 Å². The number of nitrogens with zero attached hydrogens (tertiary/aromatic N) is 1. The molecule has 0 aliphatic carbocycles. The molecule has 1 atom stereocenters. The molecular formula is C11H16N2S. The van der Waals surface area contributed by atoms with E-state index in [4.69, 9.17) is 5.26 Å². The number of rotatable bonds is 5. The monoisotopic (exact) mass is 208 g/mol. The summed E-state index contributed by atoms with van der Waals surface area (Å²) in [6, 6.07) is 6.13. The van der Waals surface area contributed by atoms with Crippen LogP contribution in [0.5, 0.6) is 0 Å². The summed E-state index contributed by atoms with van der Waals surface area (Å²) < 4.78 is 0. The average Bonchev–Trinajstić information content (AvgIpc) is 2.64. The Morgan fingerprint density at radius 3 is 2.86 bits per heavy atom. The summed E-state index contributed by atoms with van der Waals surface area (Å²) in [5.41, 5.74) is 0. The molecule has 0 amide bonds. The molecule has 0 aliphatic heterocycles. The zero-order chi connectivity index (χ0) is 10.4. The molecule has 0 aliphatic rings. The highest BCUT2D eigenvalue weighted by molar-refractivity contribution is 7.10. The van der Waals surface area contributed by atoms with Gasteiger partial charge < -0.3 is 0 Å². The third-order valence-corrected chi connectivity index (χ3v) is 2.96. The van der Waals surface area contributed by atoms with Crippen LogP contribution in [0.3, 0.4) is 0 Å². The Bertz CT molecular complexity index is 285. The molecule has 0 spiro atoms. The Kier molecular flexibility index (Phi) is 4.64. The number of nitriles is 1. The zero-order valence-electron chi connectivity index (χ0n) is 8.66. The second kappa shape index (κ2) is 5.79. The molecule has 3 heteroatoms. The van der Waals surface area contributed by atoms with Gasteiger partial charge in [0.2, 0.25) is 0 Å². The van der Waals surface area contributed by atoms with E-state index >= 15 is 0 Å². The highest BCUT2D eigenvalue weighted by Crippen LogP contribution is 2.18. The van der Waals surface area contributed by atoms with Gasteiger partial charge in [-0.1, -0.05) is 19.9 Å². The molecule has 0 aromatic carbocycles. The number of hydrogen-bond donors (Lipinski definition) is 1. The molecule has 0 saturated heterocycles. The van der Waals surface area contributed by atoms with Crippen LogP contribution in [-0.4, -0.2) is 6.54 Å². The van der Waals surface area contributed by atoms with Gasteiger partial charge in [-0.2, -0.15) is 5.26 Å². The van der Waals surface area contributed by atoms with Gasteiger partial charge in [-0.15, -0.1) is 11.3 Å². The Morgan fingerprint density at radius 1 is 1.57 bits per heavy atom. The largest absolute Gasteiger partial charge is 0.298 e. The number of thiophene rings is 1. The summed E-state index contributed by atoms with van der Waals surface area (Å²) in [6.07, 6.45) is 1.11. The van der Waals surface area contributed by atoms with Crippen molar-refractivity contribution in [3.8, 4) is 6.07 Å². The molecule has 1 unspecified atom stereocenters. The molecule has 0 bridgehead atoms. The lowest BCUT2D eigenvalue weighted by atomic mass is 10.1. The van der Waals surface area contributed by atoms with Crippen LogP contribution in [0, 0.1) is 17.2 Å². The lowest BCUT2D eigenvalue weighted by Gasteiger charge is -2.10. The van der Waals surface area contributed by atoms with Gasteiger partial charge in [0, 0.05) is 4.88 Å². The first kappa shape index (κ1) is 11.2. The standard InChI is InChI=1S/C11H16N2S/c1-9(2)5-6-13-10(8-12)11-4-3-7-14-11/h3-4,7,9-10,13H,5-6H2,1-2H3. The van der Waals surface area contributed by atoms with Crippen molar-refractivity contribution >= 4 is 11.3 Å². The Hall–Kier alpha value is -0.850. The SMILES string of the molecule is CC(C)CCNC(C#N)c1cccs1. The number of hydrogen-bond acceptors (Lipinski definition) is 3. The Morgan fingerprint density at radius 2 is 2.36 bits per heavy atom. The summed E-state index contributed by atoms with van der Waals surface area (Å²) >= 11 is 1.63. The van der Waals surface area contributed by atoms with E-state index in [1.807, 2.05) is 17.5 Å². The van der Waals surface area contributed by atoms with Crippen molar-refractivity contribution in [3.63, 3.8) is 0 Å². The second-order valence-corrected chi connectivity index (χ2v) is 4.69. The van der Waals surface area contributed by atoms with Gasteiger partial charge in [0.15, 0.2) is 0 Å². The van der Waals surface area contributed by atoms with E-state index in [2.05, 4.69) is 25.2 Å². The minimum absolute atomic E-state index is 0.131. The summed E-state index contributed by atoms with van der Waals surface area (Å²) in [5.74, 6) is 0.685. The van der Waals surface area contributed by atoms with Gasteiger partial charge in [-0.3, -0.25) is 5.32 Å². The highest BCUT2D eigenvalue weighted by atomic mass is 32.1. The van der Waals surface area contributed by atoms with Crippen LogP contribution in [-0.2, 0) is 0 Å². The average molecular weight is 208 g/mol. The van der Waals surface area contributed by atoms with Gasteiger partial charge in [0.25, 0.3) is 0 Å². The van der Waals surface area contributed by atoms with Gasteiger partial charge in [0.05, 0.1) is 6.07 Å². The van der Waals surface area contributed by atoms with Crippen molar-refractivity contribution in [1.82, 2.24) is 5.32 Å². The van der Waals surface area contributed by atoms with E-state index in [1.165, 1.54) is 0 Å². The molecule has 1 rings (SSSR count). The maximum Gasteiger partial charge on any atom is 0.130 e. The fourth-order valence-electron chi connectivity index (χ4n) is 1.18. The first-order valence-electron chi connectivity index (χ1n) is 4.90. The minimum atomic E-state index is -0.131. The van der Waals surface area contributed by atoms with Crippen molar-refractivity contribution < 1.29 is 0 Å². The van der Waals surface area contributed by atoms with Crippen molar-refractivity contribution in [3.05, 3.63) is 22.4 Å². The first-order valence-corrected chi connectivity index (χ1v) is 5.78. The molecule has 2 nitrogen and oxygen atoms in total. The van der Waals surface area contributed by atoms with E-state index in [0.717, 1.165) is 17.8 Å². The van der Waals surface area contributed by atoms with Crippen LogP contribution in [0.25, 0.3) is 0 Å². The molecule has 14 heavy (non-hydrogen) atoms. The summed E-state index contributed by atoms with van der Waals surface area (Å²) in [4.78, 5) is 1.11. The van der Waals surface area contributed by atoms with Gasteiger partial charge in [0.1, 0.15) is 6.04 Å². The van der Waals surface area contributed by atoms with Crippen LogP contribution in [0.2, 0.25) is 0 Å². The molecule has 1 heterocycles. The van der Waals surface area contributed by atoms with Gasteiger partial charge in [-0.05, 0) is 30.3 Å². The maximum absolute atomic E-state index is 8.96. The van der Waals surface area contributed by atoms with Gasteiger partial charge >= 0.3 is 0 Å². The quantitative estimate of drug-likeness (QED) is 0.807. The van der Waals surface area contributed by atoms with E-state index in [9.17, 15) is 0 Å². The van der Waals surface area contributed by atoms with Crippen LogP contribution in [0.1, 0.15) is 31.2 Å². The van der Waals surface area contributed by atoms with Crippen molar-refractivity contribution in [1.29, 1.82) is 5.26 Å². The Balaban J connectivity index is 2.38. The smallest absolute Gasteiger partial charge is 0.130 e. The van der Waals surface area contributed by atoms with Crippen LogP contribution in [0.4, 0.5) is 0 Å². The molecule has 76 valence electrons. The third-order valence-electron chi connectivity index (χ3n) is 2.03. The fraction of sp³-hybridized carbons (Fsp3) is 0.545. The summed E-state index contributed by atoms with van der Waals surface area (Å²) in [5, 5.41) is 14.2. The van der Waals surface area contributed by atoms with E-state index in [0.29, 0.717) is 5.92 Å². The lowest BCUT2D eigenvalue weighted by molar-refractivity contribution is 0.521. The van der Waals surface area contributed by atoms with Crippen LogP contribution >= 0.6 is 11.3 Å². The van der Waals surface area contributed by atoms with E-state index in [-0.39, 0.29) is 6.04 Å². The van der Waals surface area contributed by atoms with Gasteiger partial charge in [-0.25, -0.2) is 0 Å². The molecule has 0 saturated carbocycles. The third kappa shape index (κ3) is 3.49. The topological polar surface area (TPSA) is 35.8 Å². The maximum atomic E-state index is 8.96. The van der Waals surface area contributed by atoms with Crippen LogP contribution < -0.4 is 5.32 Å². The van der Waals surface area contributed by atoms with E-state index in [1.54, 1.807) is 11.3 Å². The molecule has 0 radical (unpaired) electrons. The second-order valence-electron chi connectivity index (χ2n) is 3.71. The molecular weight excluding hydrogens is 192 g/mol. The molecule has 1 aromatic rings. The summed E-state index contributed by atoms with van der Waals surface area (Å²) in [6.45, 7) is 5.29. The fourth-order valence-corrected chi connectivity index (χ4v) is 1.93. The molecule has 1 aromatic heterocycles.